The maximum absolute atomic E-state index is 13.4. The summed E-state index contributed by atoms with van der Waals surface area (Å²) in [4.78, 5) is 0. The normalized spacial score (nSPS) is 10.4. The summed E-state index contributed by atoms with van der Waals surface area (Å²) in [5.74, 6) is -0.111. The Labute approximate surface area is 101 Å². The van der Waals surface area contributed by atoms with Crippen molar-refractivity contribution in [2.45, 2.75) is 19.3 Å². The van der Waals surface area contributed by atoms with Crippen molar-refractivity contribution in [3.05, 3.63) is 65.5 Å². The van der Waals surface area contributed by atoms with Gasteiger partial charge in [-0.25, -0.2) is 4.39 Å². The lowest BCUT2D eigenvalue weighted by molar-refractivity contribution is 0.604. The van der Waals surface area contributed by atoms with Gasteiger partial charge >= 0.3 is 0 Å². The molecule has 0 saturated carbocycles. The Hall–Kier alpha value is -1.83. The topological polar surface area (TPSA) is 26.0 Å². The van der Waals surface area contributed by atoms with Gasteiger partial charge in [0.1, 0.15) is 5.82 Å². The maximum Gasteiger partial charge on any atom is 0.126 e. The number of aryl methyl sites for hydroxylation is 2. The Morgan fingerprint density at radius 1 is 0.941 bits per heavy atom. The second-order valence-electron chi connectivity index (χ2n) is 4.19. The van der Waals surface area contributed by atoms with E-state index in [1.165, 1.54) is 11.6 Å². The molecule has 0 atom stereocenters. The molecule has 0 radical (unpaired) electrons. The van der Waals surface area contributed by atoms with Crippen molar-refractivity contribution >= 4 is 5.69 Å². The molecule has 2 rings (SSSR count). The van der Waals surface area contributed by atoms with Crippen molar-refractivity contribution in [2.75, 3.05) is 5.73 Å². The molecular formula is C15H16FN. The maximum atomic E-state index is 13.4. The first kappa shape index (κ1) is 11.6. The second kappa shape index (κ2) is 5.48. The molecule has 0 amide bonds. The molecule has 0 spiro atoms. The highest BCUT2D eigenvalue weighted by Gasteiger charge is 2.00. The molecule has 2 aromatic rings. The summed E-state index contributed by atoms with van der Waals surface area (Å²) in [6.45, 7) is 0. The predicted octanol–water partition coefficient (Wildman–Crippen LogP) is 3.58. The molecule has 0 aliphatic rings. The molecule has 0 aromatic heterocycles. The fraction of sp³-hybridized carbons (Fsp3) is 0.200. The van der Waals surface area contributed by atoms with Crippen molar-refractivity contribution in [2.24, 2.45) is 0 Å². The van der Waals surface area contributed by atoms with Crippen molar-refractivity contribution in [3.63, 3.8) is 0 Å². The van der Waals surface area contributed by atoms with Crippen LogP contribution in [0.1, 0.15) is 17.5 Å². The van der Waals surface area contributed by atoms with Crippen LogP contribution in [0, 0.1) is 5.82 Å². The monoisotopic (exact) mass is 229 g/mol. The smallest absolute Gasteiger partial charge is 0.126 e. The Kier molecular flexibility index (Phi) is 3.76. The van der Waals surface area contributed by atoms with E-state index in [4.69, 9.17) is 5.73 Å². The summed E-state index contributed by atoms with van der Waals surface area (Å²) in [7, 11) is 0. The molecule has 0 fully saturated rings. The summed E-state index contributed by atoms with van der Waals surface area (Å²) >= 11 is 0. The Morgan fingerprint density at radius 3 is 2.53 bits per heavy atom. The minimum atomic E-state index is -0.111. The average Bonchev–Trinajstić information content (AvgIpc) is 2.32. The third-order valence-corrected chi connectivity index (χ3v) is 2.82. The number of anilines is 1. The van der Waals surface area contributed by atoms with Crippen LogP contribution in [0.15, 0.2) is 48.5 Å². The molecule has 88 valence electrons. The van der Waals surface area contributed by atoms with Crippen LogP contribution in [-0.4, -0.2) is 0 Å². The number of nitrogens with two attached hydrogens (primary N) is 1. The fourth-order valence-electron chi connectivity index (χ4n) is 1.93. The Balaban J connectivity index is 1.90. The zero-order valence-electron chi connectivity index (χ0n) is 9.70. The first-order valence-electron chi connectivity index (χ1n) is 5.83. The summed E-state index contributed by atoms with van der Waals surface area (Å²) in [5.41, 5.74) is 8.49. The Morgan fingerprint density at radius 2 is 1.76 bits per heavy atom. The van der Waals surface area contributed by atoms with Gasteiger partial charge in [-0.1, -0.05) is 30.3 Å². The minimum Gasteiger partial charge on any atom is -0.399 e. The molecule has 1 nitrogen and oxygen atoms in total. The standard InChI is InChI=1S/C15H16FN/c16-15-10-2-1-7-13(15)8-3-5-12-6-4-9-14(17)11-12/h1-2,4,6-7,9-11H,3,5,8,17H2. The number of rotatable bonds is 4. The van der Waals surface area contributed by atoms with Crippen LogP contribution in [0.5, 0.6) is 0 Å². The molecule has 0 aliphatic heterocycles. The van der Waals surface area contributed by atoms with Gasteiger partial charge in [0.2, 0.25) is 0 Å². The van der Waals surface area contributed by atoms with Crippen molar-refractivity contribution in [1.29, 1.82) is 0 Å². The van der Waals surface area contributed by atoms with Gasteiger partial charge in [-0.05, 0) is 48.6 Å². The van der Waals surface area contributed by atoms with Gasteiger partial charge in [0.05, 0.1) is 0 Å². The highest BCUT2D eigenvalue weighted by Crippen LogP contribution is 2.13. The van der Waals surface area contributed by atoms with Crippen LogP contribution < -0.4 is 5.73 Å². The second-order valence-corrected chi connectivity index (χ2v) is 4.19. The van der Waals surface area contributed by atoms with Gasteiger partial charge < -0.3 is 5.73 Å². The largest absolute Gasteiger partial charge is 0.399 e. The van der Waals surface area contributed by atoms with Crippen LogP contribution in [0.25, 0.3) is 0 Å². The first-order valence-corrected chi connectivity index (χ1v) is 5.83. The van der Waals surface area contributed by atoms with E-state index in [0.29, 0.717) is 0 Å². The van der Waals surface area contributed by atoms with Gasteiger partial charge in [-0.2, -0.15) is 0 Å². The van der Waals surface area contributed by atoms with E-state index < -0.39 is 0 Å². The van der Waals surface area contributed by atoms with E-state index in [1.54, 1.807) is 6.07 Å². The van der Waals surface area contributed by atoms with Crippen LogP contribution in [0.2, 0.25) is 0 Å². The molecule has 0 bridgehead atoms. The van der Waals surface area contributed by atoms with Gasteiger partial charge in [0.25, 0.3) is 0 Å². The number of hydrogen-bond acceptors (Lipinski definition) is 1. The lowest BCUT2D eigenvalue weighted by Gasteiger charge is -2.04. The summed E-state index contributed by atoms with van der Waals surface area (Å²) in [6.07, 6.45) is 2.63. The van der Waals surface area contributed by atoms with E-state index >= 15 is 0 Å². The van der Waals surface area contributed by atoms with Crippen LogP contribution in [0.3, 0.4) is 0 Å². The van der Waals surface area contributed by atoms with E-state index in [0.717, 1.165) is 30.5 Å². The highest BCUT2D eigenvalue weighted by molar-refractivity contribution is 5.40. The predicted molar refractivity (Wildman–Crippen MR) is 69.3 cm³/mol. The molecule has 2 heteroatoms. The summed E-state index contributed by atoms with van der Waals surface area (Å²) in [6, 6.07) is 14.8. The van der Waals surface area contributed by atoms with Gasteiger partial charge in [-0.3, -0.25) is 0 Å². The number of benzene rings is 2. The molecule has 2 aromatic carbocycles. The fourth-order valence-corrected chi connectivity index (χ4v) is 1.93. The lowest BCUT2D eigenvalue weighted by Crippen LogP contribution is -1.94. The number of halogens is 1. The molecule has 0 saturated heterocycles. The van der Waals surface area contributed by atoms with E-state index in [2.05, 4.69) is 6.07 Å². The summed E-state index contributed by atoms with van der Waals surface area (Å²) < 4.78 is 13.4. The molecule has 17 heavy (non-hydrogen) atoms. The third kappa shape index (κ3) is 3.31. The summed E-state index contributed by atoms with van der Waals surface area (Å²) in [5, 5.41) is 0. The van der Waals surface area contributed by atoms with E-state index in [1.807, 2.05) is 30.3 Å². The first-order chi connectivity index (χ1) is 8.25. The molecular weight excluding hydrogens is 213 g/mol. The minimum absolute atomic E-state index is 0.111. The molecule has 0 unspecified atom stereocenters. The van der Waals surface area contributed by atoms with Crippen LogP contribution in [-0.2, 0) is 12.8 Å². The lowest BCUT2D eigenvalue weighted by atomic mass is 10.0. The zero-order chi connectivity index (χ0) is 12.1. The van der Waals surface area contributed by atoms with E-state index in [9.17, 15) is 4.39 Å². The van der Waals surface area contributed by atoms with Crippen molar-refractivity contribution < 1.29 is 4.39 Å². The van der Waals surface area contributed by atoms with Crippen molar-refractivity contribution in [3.8, 4) is 0 Å². The zero-order valence-corrected chi connectivity index (χ0v) is 9.70. The van der Waals surface area contributed by atoms with Gasteiger partial charge in [-0.15, -0.1) is 0 Å². The Bertz CT molecular complexity index is 494. The quantitative estimate of drug-likeness (QED) is 0.797. The van der Waals surface area contributed by atoms with Crippen LogP contribution in [0.4, 0.5) is 10.1 Å². The number of nitrogen functional groups attached to an aromatic ring is 1. The molecule has 0 heterocycles. The molecule has 2 N–H and O–H groups in total. The van der Waals surface area contributed by atoms with Gasteiger partial charge in [0.15, 0.2) is 0 Å². The molecule has 0 aliphatic carbocycles. The van der Waals surface area contributed by atoms with Gasteiger partial charge in [0, 0.05) is 5.69 Å². The average molecular weight is 229 g/mol. The van der Waals surface area contributed by atoms with Crippen molar-refractivity contribution in [1.82, 2.24) is 0 Å². The van der Waals surface area contributed by atoms with Crippen LogP contribution >= 0.6 is 0 Å². The number of hydrogen-bond donors (Lipinski definition) is 1. The highest BCUT2D eigenvalue weighted by atomic mass is 19.1. The van der Waals surface area contributed by atoms with E-state index in [-0.39, 0.29) is 5.82 Å². The third-order valence-electron chi connectivity index (χ3n) is 2.82. The SMILES string of the molecule is Nc1cccc(CCCc2ccccc2F)c1.